The lowest BCUT2D eigenvalue weighted by Crippen LogP contribution is -2.57. The van der Waals surface area contributed by atoms with E-state index in [1.807, 2.05) is 5.38 Å². The lowest BCUT2D eigenvalue weighted by Gasteiger charge is -2.43. The maximum Gasteiger partial charge on any atom is 0.266 e. The van der Waals surface area contributed by atoms with Crippen LogP contribution in [0.25, 0.3) is 0 Å². The van der Waals surface area contributed by atoms with Crippen molar-refractivity contribution in [3.63, 3.8) is 0 Å². The smallest absolute Gasteiger partial charge is 0.266 e. The van der Waals surface area contributed by atoms with Crippen LogP contribution in [-0.2, 0) is 9.53 Å². The van der Waals surface area contributed by atoms with Crippen molar-refractivity contribution in [1.82, 2.24) is 4.90 Å². The number of thiophene rings is 1. The minimum absolute atomic E-state index is 0.0217. The van der Waals surface area contributed by atoms with E-state index in [4.69, 9.17) is 4.74 Å². The number of amides is 1. The highest BCUT2D eigenvalue weighted by molar-refractivity contribution is 7.12. The molecule has 1 spiro atoms. The summed E-state index contributed by atoms with van der Waals surface area (Å²) < 4.78 is 5.82. The molecule has 1 saturated carbocycles. The Labute approximate surface area is 127 Å². The molecule has 6 heteroatoms. The number of rotatable bonds is 2. The normalized spacial score (nSPS) is 32.5. The van der Waals surface area contributed by atoms with E-state index in [1.54, 1.807) is 12.1 Å². The molecule has 0 bridgehead atoms. The molecule has 0 aromatic carbocycles. The fourth-order valence-electron chi connectivity index (χ4n) is 3.28. The average Bonchev–Trinajstić information content (AvgIpc) is 3.10. The average molecular weight is 308 g/mol. The third kappa shape index (κ3) is 2.46. The largest absolute Gasteiger partial charge is 0.548 e. The Bertz CT molecular complexity index is 534. The molecule has 1 aliphatic carbocycles. The second-order valence-electron chi connectivity index (χ2n) is 5.93. The van der Waals surface area contributed by atoms with Crippen molar-refractivity contribution >= 4 is 23.2 Å². The van der Waals surface area contributed by atoms with Crippen LogP contribution in [0.3, 0.4) is 0 Å². The van der Waals surface area contributed by atoms with Crippen LogP contribution in [0.4, 0.5) is 0 Å². The zero-order valence-corrected chi connectivity index (χ0v) is 12.7. The summed E-state index contributed by atoms with van der Waals surface area (Å²) in [4.78, 5) is 26.1. The van der Waals surface area contributed by atoms with Crippen molar-refractivity contribution in [2.45, 2.75) is 44.4 Å². The van der Waals surface area contributed by atoms with Crippen LogP contribution in [0.1, 0.15) is 42.3 Å². The molecular weight excluding hydrogens is 290 g/mol. The molecule has 5 nitrogen and oxygen atoms in total. The number of hydrogen-bond donors (Lipinski definition) is 0. The van der Waals surface area contributed by atoms with Crippen molar-refractivity contribution in [2.75, 3.05) is 6.61 Å². The number of ether oxygens (including phenoxy) is 1. The van der Waals surface area contributed by atoms with Crippen LogP contribution >= 0.6 is 11.3 Å². The van der Waals surface area contributed by atoms with E-state index in [1.165, 1.54) is 16.2 Å². The standard InChI is InChI=1S/C15H19NO4S/c1-10-4-6-15(7-5-10)16(11(9-20-15)14(18)19)13(17)12-3-2-8-21-12/h2-3,8,10-11H,4-7,9H2,1H3,(H,18,19)/p-1/t10?,11-,15?/m0/s1. The van der Waals surface area contributed by atoms with Crippen LogP contribution in [0.15, 0.2) is 17.5 Å². The molecule has 2 fully saturated rings. The van der Waals surface area contributed by atoms with E-state index in [9.17, 15) is 14.7 Å². The maximum absolute atomic E-state index is 12.7. The monoisotopic (exact) mass is 308 g/mol. The zero-order valence-electron chi connectivity index (χ0n) is 11.9. The molecule has 0 radical (unpaired) electrons. The van der Waals surface area contributed by atoms with Gasteiger partial charge in [0.25, 0.3) is 5.91 Å². The van der Waals surface area contributed by atoms with Crippen LogP contribution < -0.4 is 5.11 Å². The van der Waals surface area contributed by atoms with Crippen molar-refractivity contribution in [3.05, 3.63) is 22.4 Å². The molecule has 1 aromatic heterocycles. The summed E-state index contributed by atoms with van der Waals surface area (Å²) in [5.74, 6) is -0.915. The van der Waals surface area contributed by atoms with Gasteiger partial charge in [0.05, 0.1) is 23.5 Å². The summed E-state index contributed by atoms with van der Waals surface area (Å²) in [6.07, 6.45) is 3.26. The van der Waals surface area contributed by atoms with E-state index < -0.39 is 17.7 Å². The summed E-state index contributed by atoms with van der Waals surface area (Å²) in [6.45, 7) is 2.19. The Kier molecular flexibility index (Phi) is 3.75. The predicted molar refractivity (Wildman–Crippen MR) is 75.6 cm³/mol. The fraction of sp³-hybridized carbons (Fsp3) is 0.600. The minimum Gasteiger partial charge on any atom is -0.548 e. The second kappa shape index (κ2) is 5.42. The molecule has 2 heterocycles. The van der Waals surface area contributed by atoms with Gasteiger partial charge in [0.1, 0.15) is 5.72 Å². The lowest BCUT2D eigenvalue weighted by molar-refractivity contribution is -0.310. The van der Waals surface area contributed by atoms with E-state index >= 15 is 0 Å². The molecule has 2 aliphatic rings. The summed E-state index contributed by atoms with van der Waals surface area (Å²) in [5, 5.41) is 13.2. The van der Waals surface area contributed by atoms with Gasteiger partial charge in [-0.15, -0.1) is 11.3 Å². The highest BCUT2D eigenvalue weighted by Crippen LogP contribution is 2.43. The van der Waals surface area contributed by atoms with Gasteiger partial charge in [0, 0.05) is 0 Å². The molecule has 1 aromatic rings. The summed E-state index contributed by atoms with van der Waals surface area (Å²) in [5.41, 5.74) is -0.766. The number of carbonyl (C=O) groups is 2. The quantitative estimate of drug-likeness (QED) is 0.824. The van der Waals surface area contributed by atoms with Crippen molar-refractivity contribution in [1.29, 1.82) is 0 Å². The van der Waals surface area contributed by atoms with Crippen LogP contribution in [0.5, 0.6) is 0 Å². The summed E-state index contributed by atoms with van der Waals surface area (Å²) in [6, 6.07) is 2.52. The number of carbonyl (C=O) groups excluding carboxylic acids is 2. The first-order chi connectivity index (χ1) is 10.0. The molecule has 114 valence electrons. The molecular formula is C15H18NO4S-. The van der Waals surface area contributed by atoms with E-state index in [2.05, 4.69) is 6.92 Å². The van der Waals surface area contributed by atoms with E-state index in [0.29, 0.717) is 23.6 Å². The molecule has 3 rings (SSSR count). The maximum atomic E-state index is 12.7. The molecule has 1 aliphatic heterocycles. The molecule has 0 unspecified atom stereocenters. The Morgan fingerprint density at radius 2 is 2.14 bits per heavy atom. The number of aliphatic carboxylic acids is 1. The van der Waals surface area contributed by atoms with Crippen molar-refractivity contribution < 1.29 is 19.4 Å². The number of carboxylic acids is 1. The van der Waals surface area contributed by atoms with Crippen LogP contribution in [-0.4, -0.2) is 35.2 Å². The molecule has 1 amide bonds. The Hall–Kier alpha value is -1.40. The zero-order chi connectivity index (χ0) is 15.0. The van der Waals surface area contributed by atoms with Gasteiger partial charge in [0.2, 0.25) is 0 Å². The summed E-state index contributed by atoms with van der Waals surface area (Å²) in [7, 11) is 0. The SMILES string of the molecule is CC1CCC2(CC1)OC[C@@H](C(=O)[O-])N2C(=O)c1cccs1. The second-order valence-corrected chi connectivity index (χ2v) is 6.87. The highest BCUT2D eigenvalue weighted by atomic mass is 32.1. The first-order valence-electron chi connectivity index (χ1n) is 7.25. The van der Waals surface area contributed by atoms with Gasteiger partial charge in [-0.25, -0.2) is 0 Å². The van der Waals surface area contributed by atoms with E-state index in [0.717, 1.165) is 12.8 Å². The van der Waals surface area contributed by atoms with Gasteiger partial charge in [-0.3, -0.25) is 9.69 Å². The number of carboxylic acid groups (broad SMARTS) is 1. The fourth-order valence-corrected chi connectivity index (χ4v) is 3.94. The van der Waals surface area contributed by atoms with Gasteiger partial charge in [0.15, 0.2) is 0 Å². The number of hydrogen-bond acceptors (Lipinski definition) is 5. The van der Waals surface area contributed by atoms with Gasteiger partial charge >= 0.3 is 0 Å². The third-order valence-electron chi connectivity index (χ3n) is 4.54. The van der Waals surface area contributed by atoms with Gasteiger partial charge < -0.3 is 14.6 Å². The third-order valence-corrected chi connectivity index (χ3v) is 5.40. The van der Waals surface area contributed by atoms with Gasteiger partial charge in [-0.1, -0.05) is 13.0 Å². The van der Waals surface area contributed by atoms with E-state index in [-0.39, 0.29) is 12.5 Å². The minimum atomic E-state index is -1.24. The summed E-state index contributed by atoms with van der Waals surface area (Å²) >= 11 is 1.32. The van der Waals surface area contributed by atoms with Gasteiger partial charge in [-0.2, -0.15) is 0 Å². The topological polar surface area (TPSA) is 69.7 Å². The lowest BCUT2D eigenvalue weighted by atomic mass is 9.83. The van der Waals surface area contributed by atoms with Gasteiger partial charge in [-0.05, 0) is 43.0 Å². The Morgan fingerprint density at radius 3 is 2.71 bits per heavy atom. The molecule has 0 N–H and O–H groups in total. The van der Waals surface area contributed by atoms with Crippen LogP contribution in [0, 0.1) is 5.92 Å². The Balaban J connectivity index is 1.93. The Morgan fingerprint density at radius 1 is 1.43 bits per heavy atom. The first kappa shape index (κ1) is 14.5. The van der Waals surface area contributed by atoms with Crippen LogP contribution in [0.2, 0.25) is 0 Å². The molecule has 1 atom stereocenters. The molecule has 1 saturated heterocycles. The van der Waals surface area contributed by atoms with Crippen molar-refractivity contribution in [2.24, 2.45) is 5.92 Å². The highest BCUT2D eigenvalue weighted by Gasteiger charge is 2.51. The van der Waals surface area contributed by atoms with Crippen molar-refractivity contribution in [3.8, 4) is 0 Å². The first-order valence-corrected chi connectivity index (χ1v) is 8.13. The predicted octanol–water partition coefficient (Wildman–Crippen LogP) is 1.25. The molecule has 21 heavy (non-hydrogen) atoms. The number of nitrogens with zero attached hydrogens (tertiary/aromatic N) is 1.